The lowest BCUT2D eigenvalue weighted by Crippen LogP contribution is -2.75. The maximum Gasteiger partial charge on any atom is 0.414 e. The molecule has 2 aliphatic heterocycles. The van der Waals surface area contributed by atoms with Gasteiger partial charge in [0.05, 0.1) is 23.5 Å². The van der Waals surface area contributed by atoms with Crippen LogP contribution in [-0.2, 0) is 31.0 Å². The molecule has 0 radical (unpaired) electrons. The second-order valence-corrected chi connectivity index (χ2v) is 12.8. The Morgan fingerprint density at radius 3 is 2.72 bits per heavy atom. The highest BCUT2D eigenvalue weighted by atomic mass is 16.6. The molecular weight excluding hydrogens is 558 g/mol. The van der Waals surface area contributed by atoms with E-state index in [1.807, 2.05) is 6.07 Å². The molecule has 12 heteroatoms. The topological polar surface area (TPSA) is 166 Å². The fourth-order valence-corrected chi connectivity index (χ4v) is 7.77. The fraction of sp³-hybridized carbons (Fsp3) is 0.613. The number of carbonyl (C=O) groups is 4. The molecule has 2 heterocycles. The number of aliphatic carboxylic acids is 1. The number of phenols is 1. The molecule has 1 aromatic rings. The number of carbonyl (C=O) groups excluding carboxylic acids is 3. The lowest BCUT2D eigenvalue weighted by Gasteiger charge is -2.62. The number of nitrogens with one attached hydrogen (secondary N) is 1. The first-order valence-electron chi connectivity index (χ1n) is 15.1. The van der Waals surface area contributed by atoms with Gasteiger partial charge in [-0.25, -0.2) is 4.79 Å². The molecule has 5 atom stereocenters. The van der Waals surface area contributed by atoms with Gasteiger partial charge in [0, 0.05) is 51.5 Å². The smallest absolute Gasteiger partial charge is 0.414 e. The average Bonchev–Trinajstić information content (AvgIpc) is 3.68. The number of aromatic hydroxyl groups is 1. The molecule has 6 rings (SSSR count). The van der Waals surface area contributed by atoms with Gasteiger partial charge in [0.25, 0.3) is 0 Å². The number of benzene rings is 1. The molecular formula is C31H39N3O9. The third-order valence-corrected chi connectivity index (χ3v) is 9.96. The van der Waals surface area contributed by atoms with Crippen molar-refractivity contribution in [3.05, 3.63) is 35.1 Å². The van der Waals surface area contributed by atoms with Crippen LogP contribution >= 0.6 is 0 Å². The van der Waals surface area contributed by atoms with Crippen molar-refractivity contribution in [3.63, 3.8) is 0 Å². The molecule has 3 aliphatic carbocycles. The number of aliphatic hydroxyl groups is 1. The molecule has 1 unspecified atom stereocenters. The number of likely N-dealkylation sites (tertiary alicyclic amines) is 1. The zero-order valence-corrected chi connectivity index (χ0v) is 24.5. The van der Waals surface area contributed by atoms with Gasteiger partial charge >= 0.3 is 12.1 Å². The normalized spacial score (nSPS) is 29.0. The lowest BCUT2D eigenvalue weighted by atomic mass is 9.50. The highest BCUT2D eigenvalue weighted by Gasteiger charge is 2.72. The van der Waals surface area contributed by atoms with E-state index in [9.17, 15) is 29.4 Å². The maximum absolute atomic E-state index is 13.2. The Hall–Kier alpha value is -3.64. The number of hydrogen-bond donors (Lipinski definition) is 4. The molecule has 232 valence electrons. The second kappa shape index (κ2) is 10.8. The standard InChI is InChI=1S/C31H39N3O9/c1-17(35)32-20(15-25(38)39)21(36)4-3-12-33(2)29(40)42-23-9-10-31(41)24-14-19-7-8-22(37)27-26(19)30(31,28(23)43-27)11-13-34(24)16-18-5-6-18/h7-9,18,20,24,28,37,41H,3-6,10-16H2,1-2H3,(H,32,35)(H,38,39)/t20-,24?,28+,30+,31-/m1/s1. The number of piperidine rings is 1. The van der Waals surface area contributed by atoms with Crippen LogP contribution in [-0.4, -0.2) is 99.3 Å². The third-order valence-electron chi connectivity index (χ3n) is 9.96. The van der Waals surface area contributed by atoms with Gasteiger partial charge in [-0.2, -0.15) is 0 Å². The number of ketones is 1. The number of ether oxygens (including phenoxy) is 2. The first-order valence-corrected chi connectivity index (χ1v) is 15.1. The van der Waals surface area contributed by atoms with Gasteiger partial charge in [-0.1, -0.05) is 6.07 Å². The quantitative estimate of drug-likeness (QED) is 0.296. The van der Waals surface area contributed by atoms with Crippen LogP contribution in [0.1, 0.15) is 63.0 Å². The number of carboxylic acid groups (broad SMARTS) is 1. The molecule has 1 spiro atoms. The van der Waals surface area contributed by atoms with Crippen molar-refractivity contribution in [2.45, 2.75) is 87.5 Å². The summed E-state index contributed by atoms with van der Waals surface area (Å²) in [5.41, 5.74) is -0.150. The Labute approximate surface area is 249 Å². The number of nitrogens with zero attached hydrogens (tertiary/aromatic N) is 2. The van der Waals surface area contributed by atoms with E-state index in [2.05, 4.69) is 10.2 Å². The number of hydrogen-bond acceptors (Lipinski definition) is 9. The average molecular weight is 598 g/mol. The van der Waals surface area contributed by atoms with E-state index in [0.29, 0.717) is 30.3 Å². The Morgan fingerprint density at radius 1 is 1.26 bits per heavy atom. The van der Waals surface area contributed by atoms with Crippen molar-refractivity contribution in [1.29, 1.82) is 0 Å². The van der Waals surface area contributed by atoms with E-state index in [1.54, 1.807) is 12.1 Å². The summed E-state index contributed by atoms with van der Waals surface area (Å²) < 4.78 is 12.3. The van der Waals surface area contributed by atoms with Crippen LogP contribution < -0.4 is 10.1 Å². The van der Waals surface area contributed by atoms with Crippen LogP contribution in [0.15, 0.2) is 24.0 Å². The van der Waals surface area contributed by atoms with Gasteiger partial charge in [0.15, 0.2) is 23.4 Å². The van der Waals surface area contributed by atoms with Crippen LogP contribution in [0.2, 0.25) is 0 Å². The highest BCUT2D eigenvalue weighted by Crippen LogP contribution is 2.65. The Morgan fingerprint density at radius 2 is 2.02 bits per heavy atom. The SMILES string of the molecule is CC(=O)N[C@H](CC(=O)O)C(=O)CCCN(C)C(=O)OC1=CC[C@@]2(O)C3Cc4ccc(O)c5c4[C@@]2(CCN3CC2CC2)[C@H]1O5. The lowest BCUT2D eigenvalue weighted by molar-refractivity contribution is -0.169. The summed E-state index contributed by atoms with van der Waals surface area (Å²) >= 11 is 0. The number of phenolic OH excluding ortho intramolecular Hbond substituents is 1. The first kappa shape index (κ1) is 29.4. The minimum atomic E-state index is -1.20. The molecule has 2 fully saturated rings. The van der Waals surface area contributed by atoms with Crippen LogP contribution in [0.3, 0.4) is 0 Å². The Bertz CT molecular complexity index is 1370. The van der Waals surface area contributed by atoms with E-state index >= 15 is 0 Å². The van der Waals surface area contributed by atoms with Crippen molar-refractivity contribution < 1.29 is 44.0 Å². The molecule has 5 aliphatic rings. The number of Topliss-reactive ketones (excluding diaryl/α,β-unsaturated/α-hetero) is 1. The Balaban J connectivity index is 1.17. The zero-order valence-electron chi connectivity index (χ0n) is 24.5. The van der Waals surface area contributed by atoms with Crippen molar-refractivity contribution in [1.82, 2.24) is 15.1 Å². The molecule has 1 saturated carbocycles. The summed E-state index contributed by atoms with van der Waals surface area (Å²) in [5.74, 6) is -0.822. The number of amides is 2. The van der Waals surface area contributed by atoms with Gasteiger partial charge in [-0.15, -0.1) is 0 Å². The molecule has 12 nitrogen and oxygen atoms in total. The van der Waals surface area contributed by atoms with Crippen LogP contribution in [0.5, 0.6) is 11.5 Å². The number of carboxylic acids is 1. The largest absolute Gasteiger partial charge is 0.504 e. The third kappa shape index (κ3) is 4.94. The van der Waals surface area contributed by atoms with Crippen LogP contribution in [0.25, 0.3) is 0 Å². The molecule has 43 heavy (non-hydrogen) atoms. The minimum Gasteiger partial charge on any atom is -0.504 e. The second-order valence-electron chi connectivity index (χ2n) is 12.8. The summed E-state index contributed by atoms with van der Waals surface area (Å²) in [4.78, 5) is 52.0. The van der Waals surface area contributed by atoms with E-state index in [1.165, 1.54) is 31.7 Å². The van der Waals surface area contributed by atoms with Crippen molar-refractivity contribution in [3.8, 4) is 11.5 Å². The first-order chi connectivity index (χ1) is 20.4. The zero-order chi connectivity index (χ0) is 30.7. The van der Waals surface area contributed by atoms with Gasteiger partial charge in [0.2, 0.25) is 5.91 Å². The van der Waals surface area contributed by atoms with Crippen LogP contribution in [0, 0.1) is 5.92 Å². The molecule has 2 bridgehead atoms. The molecule has 2 amide bonds. The summed E-state index contributed by atoms with van der Waals surface area (Å²) in [5, 5.41) is 34.7. The van der Waals surface area contributed by atoms with Crippen molar-refractivity contribution in [2.75, 3.05) is 26.7 Å². The van der Waals surface area contributed by atoms with E-state index in [0.717, 1.165) is 24.2 Å². The van der Waals surface area contributed by atoms with E-state index in [-0.39, 0.29) is 37.6 Å². The van der Waals surface area contributed by atoms with Crippen molar-refractivity contribution >= 4 is 23.8 Å². The molecule has 1 saturated heterocycles. The van der Waals surface area contributed by atoms with Gasteiger partial charge in [-0.3, -0.25) is 19.3 Å². The summed E-state index contributed by atoms with van der Waals surface area (Å²) in [6, 6.07) is 2.30. The van der Waals surface area contributed by atoms with Crippen molar-refractivity contribution in [2.24, 2.45) is 5.92 Å². The van der Waals surface area contributed by atoms with Crippen LogP contribution in [0.4, 0.5) is 4.79 Å². The minimum absolute atomic E-state index is 0.00309. The predicted molar refractivity (Wildman–Crippen MR) is 151 cm³/mol. The van der Waals surface area contributed by atoms with E-state index in [4.69, 9.17) is 14.6 Å². The maximum atomic E-state index is 13.2. The highest BCUT2D eigenvalue weighted by molar-refractivity contribution is 5.91. The van der Waals surface area contributed by atoms with E-state index < -0.39 is 53.3 Å². The Kier molecular flexibility index (Phi) is 7.40. The van der Waals surface area contributed by atoms with Gasteiger partial charge in [-0.05, 0) is 62.3 Å². The monoisotopic (exact) mass is 597 g/mol. The molecule has 1 aromatic carbocycles. The van der Waals surface area contributed by atoms with Gasteiger partial charge < -0.3 is 35.0 Å². The summed E-state index contributed by atoms with van der Waals surface area (Å²) in [6.45, 7) is 3.09. The number of rotatable bonds is 11. The predicted octanol–water partition coefficient (Wildman–Crippen LogP) is 1.85. The van der Waals surface area contributed by atoms with Gasteiger partial charge in [0.1, 0.15) is 5.76 Å². The fourth-order valence-electron chi connectivity index (χ4n) is 7.77. The summed E-state index contributed by atoms with van der Waals surface area (Å²) in [7, 11) is 1.54. The summed E-state index contributed by atoms with van der Waals surface area (Å²) in [6.07, 6.45) is 3.95. The molecule has 4 N–H and O–H groups in total. The molecule has 0 aromatic heterocycles.